The molecule has 1 aromatic rings. The molecule has 1 unspecified atom stereocenters. The average Bonchev–Trinajstić information content (AvgIpc) is 2.37. The van der Waals surface area contributed by atoms with E-state index in [0.29, 0.717) is 18.1 Å². The maximum Gasteiger partial charge on any atom is 0.154 e. The Bertz CT molecular complexity index is 577. The van der Waals surface area contributed by atoms with Gasteiger partial charge in [0.25, 0.3) is 0 Å². The predicted octanol–water partition coefficient (Wildman–Crippen LogP) is 1.47. The lowest BCUT2D eigenvalue weighted by Gasteiger charge is -2.34. The van der Waals surface area contributed by atoms with Crippen molar-refractivity contribution in [3.05, 3.63) is 22.8 Å². The van der Waals surface area contributed by atoms with Gasteiger partial charge in [-0.2, -0.15) is 0 Å². The zero-order valence-corrected chi connectivity index (χ0v) is 13.3. The normalized spacial score (nSPS) is 21.9. The van der Waals surface area contributed by atoms with Gasteiger partial charge in [0, 0.05) is 25.3 Å². The minimum atomic E-state index is -2.91. The van der Waals surface area contributed by atoms with Crippen LogP contribution >= 0.6 is 11.6 Å². The second-order valence-corrected chi connectivity index (χ2v) is 7.71. The van der Waals surface area contributed by atoms with E-state index < -0.39 is 9.84 Å². The van der Waals surface area contributed by atoms with E-state index in [1.54, 1.807) is 6.20 Å². The summed E-state index contributed by atoms with van der Waals surface area (Å²) in [5.41, 5.74) is 0.985. The van der Waals surface area contributed by atoms with Gasteiger partial charge in [-0.05, 0) is 25.1 Å². The first-order valence-corrected chi connectivity index (χ1v) is 8.95. The van der Waals surface area contributed by atoms with E-state index in [4.69, 9.17) is 11.6 Å². The van der Waals surface area contributed by atoms with Crippen molar-refractivity contribution in [1.29, 1.82) is 0 Å². The Morgan fingerprint density at radius 1 is 1.55 bits per heavy atom. The quantitative estimate of drug-likeness (QED) is 0.911. The third-order valence-corrected chi connectivity index (χ3v) is 5.59. The van der Waals surface area contributed by atoms with Crippen LogP contribution in [0.4, 0.5) is 5.82 Å². The molecule has 5 nitrogen and oxygen atoms in total. The van der Waals surface area contributed by atoms with E-state index in [0.717, 1.165) is 17.9 Å². The van der Waals surface area contributed by atoms with Crippen molar-refractivity contribution in [3.63, 3.8) is 0 Å². The number of anilines is 1. The van der Waals surface area contributed by atoms with E-state index in [1.807, 2.05) is 24.8 Å². The SMILES string of the molecule is CCNCc1cc(N2CCS(=O)(=O)CC2C)ncc1Cl. The minimum Gasteiger partial charge on any atom is -0.352 e. The first kappa shape index (κ1) is 15.5. The fourth-order valence-electron chi connectivity index (χ4n) is 2.36. The van der Waals surface area contributed by atoms with Crippen LogP contribution in [0.2, 0.25) is 5.02 Å². The van der Waals surface area contributed by atoms with E-state index in [-0.39, 0.29) is 17.5 Å². The first-order valence-electron chi connectivity index (χ1n) is 6.75. The number of nitrogens with one attached hydrogen (secondary N) is 1. The highest BCUT2D eigenvalue weighted by molar-refractivity contribution is 7.91. The summed E-state index contributed by atoms with van der Waals surface area (Å²) in [7, 11) is -2.91. The highest BCUT2D eigenvalue weighted by Crippen LogP contribution is 2.24. The lowest BCUT2D eigenvalue weighted by atomic mass is 10.2. The molecule has 1 saturated heterocycles. The van der Waals surface area contributed by atoms with Crippen molar-refractivity contribution in [1.82, 2.24) is 10.3 Å². The van der Waals surface area contributed by atoms with Gasteiger partial charge in [0.2, 0.25) is 0 Å². The summed E-state index contributed by atoms with van der Waals surface area (Å²) >= 11 is 6.14. The van der Waals surface area contributed by atoms with Gasteiger partial charge in [0.1, 0.15) is 5.82 Å². The van der Waals surface area contributed by atoms with E-state index in [9.17, 15) is 8.42 Å². The molecule has 20 heavy (non-hydrogen) atoms. The monoisotopic (exact) mass is 317 g/mol. The largest absolute Gasteiger partial charge is 0.352 e. The zero-order valence-electron chi connectivity index (χ0n) is 11.8. The number of rotatable bonds is 4. The highest BCUT2D eigenvalue weighted by atomic mass is 35.5. The van der Waals surface area contributed by atoms with Crippen LogP contribution < -0.4 is 10.2 Å². The third-order valence-electron chi connectivity index (χ3n) is 3.45. The maximum absolute atomic E-state index is 11.6. The molecule has 2 rings (SSSR count). The van der Waals surface area contributed by atoms with Crippen molar-refractivity contribution >= 4 is 27.3 Å². The Morgan fingerprint density at radius 3 is 2.95 bits per heavy atom. The van der Waals surface area contributed by atoms with Crippen molar-refractivity contribution in [2.24, 2.45) is 0 Å². The van der Waals surface area contributed by atoms with E-state index >= 15 is 0 Å². The summed E-state index contributed by atoms with van der Waals surface area (Å²) in [5.74, 6) is 1.16. The molecule has 0 aliphatic carbocycles. The number of sulfone groups is 1. The molecule has 0 radical (unpaired) electrons. The standard InChI is InChI=1S/C13H20ClN3O2S/c1-3-15-7-11-6-13(16-8-12(11)14)17-4-5-20(18,19)9-10(17)2/h6,8,10,15H,3-5,7,9H2,1-2H3. The van der Waals surface area contributed by atoms with Gasteiger partial charge in [0.15, 0.2) is 9.84 Å². The van der Waals surface area contributed by atoms with Crippen molar-refractivity contribution < 1.29 is 8.42 Å². The third kappa shape index (κ3) is 3.62. The number of aromatic nitrogens is 1. The molecule has 112 valence electrons. The second-order valence-electron chi connectivity index (χ2n) is 5.07. The smallest absolute Gasteiger partial charge is 0.154 e. The predicted molar refractivity (Wildman–Crippen MR) is 82.1 cm³/mol. The highest BCUT2D eigenvalue weighted by Gasteiger charge is 2.29. The van der Waals surface area contributed by atoms with Gasteiger partial charge in [-0.25, -0.2) is 13.4 Å². The molecule has 1 aromatic heterocycles. The van der Waals surface area contributed by atoms with Gasteiger partial charge in [-0.1, -0.05) is 18.5 Å². The molecule has 2 heterocycles. The van der Waals surface area contributed by atoms with Crippen molar-refractivity contribution in [2.45, 2.75) is 26.4 Å². The summed E-state index contributed by atoms with van der Waals surface area (Å²) in [6.45, 7) is 5.99. The van der Waals surface area contributed by atoms with Gasteiger partial charge in [-0.15, -0.1) is 0 Å². The summed E-state index contributed by atoms with van der Waals surface area (Å²) in [4.78, 5) is 6.37. The Kier molecular flexibility index (Phi) is 4.88. The van der Waals surface area contributed by atoms with Gasteiger partial charge >= 0.3 is 0 Å². The number of pyridine rings is 1. The van der Waals surface area contributed by atoms with Crippen LogP contribution in [-0.2, 0) is 16.4 Å². The molecule has 1 fully saturated rings. The molecule has 0 spiro atoms. The molecule has 1 aliphatic rings. The topological polar surface area (TPSA) is 62.3 Å². The van der Waals surface area contributed by atoms with Gasteiger partial charge in [0.05, 0.1) is 16.5 Å². The Morgan fingerprint density at radius 2 is 2.30 bits per heavy atom. The fourth-order valence-corrected chi connectivity index (χ4v) is 4.09. The summed E-state index contributed by atoms with van der Waals surface area (Å²) in [5, 5.41) is 3.86. The molecule has 0 saturated carbocycles. The molecule has 1 N–H and O–H groups in total. The lowest BCUT2D eigenvalue weighted by Crippen LogP contribution is -2.47. The average molecular weight is 318 g/mol. The van der Waals surface area contributed by atoms with Crippen LogP contribution in [0.5, 0.6) is 0 Å². The minimum absolute atomic E-state index is 0.0607. The zero-order chi connectivity index (χ0) is 14.8. The van der Waals surface area contributed by atoms with E-state index in [2.05, 4.69) is 10.3 Å². The summed E-state index contributed by atoms with van der Waals surface area (Å²) in [6, 6.07) is 1.88. The van der Waals surface area contributed by atoms with Crippen LogP contribution in [0.1, 0.15) is 19.4 Å². The molecule has 0 aromatic carbocycles. The summed E-state index contributed by atoms with van der Waals surface area (Å²) < 4.78 is 23.2. The number of hydrogen-bond acceptors (Lipinski definition) is 5. The van der Waals surface area contributed by atoms with Crippen LogP contribution in [0.3, 0.4) is 0 Å². The molecular weight excluding hydrogens is 298 g/mol. The molecule has 1 aliphatic heterocycles. The molecule has 0 amide bonds. The Labute approximate surface area is 125 Å². The van der Waals surface area contributed by atoms with Crippen LogP contribution in [-0.4, -0.2) is 44.0 Å². The van der Waals surface area contributed by atoms with E-state index in [1.165, 1.54) is 0 Å². The first-order chi connectivity index (χ1) is 9.43. The number of nitrogens with zero attached hydrogens (tertiary/aromatic N) is 2. The van der Waals surface area contributed by atoms with Crippen LogP contribution in [0.25, 0.3) is 0 Å². The molecule has 1 atom stereocenters. The van der Waals surface area contributed by atoms with Gasteiger partial charge < -0.3 is 10.2 Å². The number of hydrogen-bond donors (Lipinski definition) is 1. The lowest BCUT2D eigenvalue weighted by molar-refractivity contribution is 0.566. The summed E-state index contributed by atoms with van der Waals surface area (Å²) in [6.07, 6.45) is 1.64. The van der Waals surface area contributed by atoms with Crippen molar-refractivity contribution in [3.8, 4) is 0 Å². The fraction of sp³-hybridized carbons (Fsp3) is 0.615. The Hall–Kier alpha value is -0.850. The van der Waals surface area contributed by atoms with Crippen LogP contribution in [0, 0.1) is 0 Å². The van der Waals surface area contributed by atoms with Crippen LogP contribution in [0.15, 0.2) is 12.3 Å². The maximum atomic E-state index is 11.6. The van der Waals surface area contributed by atoms with Gasteiger partial charge in [-0.3, -0.25) is 0 Å². The molecule has 0 bridgehead atoms. The Balaban J connectivity index is 2.20. The van der Waals surface area contributed by atoms with Crippen molar-refractivity contribution in [2.75, 3.05) is 29.5 Å². The number of halogens is 1. The molecule has 7 heteroatoms. The molecular formula is C13H20ClN3O2S. The second kappa shape index (κ2) is 6.28.